The number of ketones is 1. The van der Waals surface area contributed by atoms with Gasteiger partial charge in [0.2, 0.25) is 0 Å². The van der Waals surface area contributed by atoms with Gasteiger partial charge >= 0.3 is 5.97 Å². The first-order valence-corrected chi connectivity index (χ1v) is 5.17. The van der Waals surface area contributed by atoms with Gasteiger partial charge in [-0.05, 0) is 11.4 Å². The zero-order valence-corrected chi connectivity index (χ0v) is 8.97. The smallest absolute Gasteiger partial charge is 0.308 e. The first kappa shape index (κ1) is 10.9. The summed E-state index contributed by atoms with van der Waals surface area (Å²) < 4.78 is 4.54. The predicted octanol–water partition coefficient (Wildman–Crippen LogP) is 2.13. The first-order valence-electron chi connectivity index (χ1n) is 4.29. The van der Waals surface area contributed by atoms with E-state index in [9.17, 15) is 9.59 Å². The summed E-state index contributed by atoms with van der Waals surface area (Å²) in [5.41, 5.74) is 0. The highest BCUT2D eigenvalue weighted by atomic mass is 32.1. The van der Waals surface area contributed by atoms with Gasteiger partial charge in [-0.1, -0.05) is 13.0 Å². The molecule has 14 heavy (non-hydrogen) atoms. The maximum absolute atomic E-state index is 11.5. The van der Waals surface area contributed by atoms with Gasteiger partial charge in [-0.15, -0.1) is 11.3 Å². The minimum Gasteiger partial charge on any atom is -0.469 e. The number of methoxy groups -OCH3 is 1. The van der Waals surface area contributed by atoms with Crippen LogP contribution in [0, 0.1) is 5.92 Å². The number of rotatable bonds is 4. The van der Waals surface area contributed by atoms with Crippen molar-refractivity contribution in [3.8, 4) is 0 Å². The third-order valence-electron chi connectivity index (χ3n) is 1.89. The van der Waals surface area contributed by atoms with Crippen molar-refractivity contribution < 1.29 is 14.3 Å². The fourth-order valence-electron chi connectivity index (χ4n) is 1.10. The van der Waals surface area contributed by atoms with E-state index >= 15 is 0 Å². The van der Waals surface area contributed by atoms with Gasteiger partial charge < -0.3 is 4.74 Å². The average Bonchev–Trinajstić information content (AvgIpc) is 2.69. The van der Waals surface area contributed by atoms with Crippen molar-refractivity contribution in [1.82, 2.24) is 0 Å². The van der Waals surface area contributed by atoms with Gasteiger partial charge in [-0.3, -0.25) is 9.59 Å². The zero-order chi connectivity index (χ0) is 10.6. The molecular weight excluding hydrogens is 200 g/mol. The molecule has 4 heteroatoms. The minimum atomic E-state index is -0.366. The van der Waals surface area contributed by atoms with Crippen molar-refractivity contribution in [3.05, 3.63) is 22.4 Å². The van der Waals surface area contributed by atoms with E-state index in [4.69, 9.17) is 0 Å². The summed E-state index contributed by atoms with van der Waals surface area (Å²) >= 11 is 1.39. The van der Waals surface area contributed by atoms with E-state index in [2.05, 4.69) is 4.74 Å². The van der Waals surface area contributed by atoms with Gasteiger partial charge in [-0.2, -0.15) is 0 Å². The van der Waals surface area contributed by atoms with Crippen molar-refractivity contribution in [2.45, 2.75) is 13.3 Å². The topological polar surface area (TPSA) is 43.4 Å². The number of Topliss-reactive ketones (excluding diaryl/α,β-unsaturated/α-hetero) is 1. The molecule has 1 rings (SSSR count). The molecule has 0 N–H and O–H groups in total. The summed E-state index contributed by atoms with van der Waals surface area (Å²) in [4.78, 5) is 23.3. The van der Waals surface area contributed by atoms with Crippen LogP contribution >= 0.6 is 11.3 Å². The first-order chi connectivity index (χ1) is 6.65. The van der Waals surface area contributed by atoms with Crippen molar-refractivity contribution >= 4 is 23.1 Å². The molecule has 0 aliphatic carbocycles. The Bertz CT molecular complexity index is 316. The van der Waals surface area contributed by atoms with Crippen LogP contribution in [0.1, 0.15) is 23.0 Å². The molecule has 0 spiro atoms. The number of carbonyl (C=O) groups excluding carboxylic acids is 2. The van der Waals surface area contributed by atoms with E-state index in [1.54, 1.807) is 13.0 Å². The lowest BCUT2D eigenvalue weighted by Gasteiger charge is -2.06. The molecule has 0 amide bonds. The Hall–Kier alpha value is -1.16. The summed E-state index contributed by atoms with van der Waals surface area (Å²) in [6, 6.07) is 3.58. The molecule has 0 aliphatic heterocycles. The van der Waals surface area contributed by atoms with Crippen LogP contribution in [0.4, 0.5) is 0 Å². The minimum absolute atomic E-state index is 0.00194. The van der Waals surface area contributed by atoms with Gasteiger partial charge in [-0.25, -0.2) is 0 Å². The largest absolute Gasteiger partial charge is 0.469 e. The molecule has 0 bridgehead atoms. The number of thiophene rings is 1. The Labute approximate surface area is 86.7 Å². The van der Waals surface area contributed by atoms with Crippen LogP contribution in [-0.2, 0) is 9.53 Å². The third kappa shape index (κ3) is 2.67. The summed E-state index contributed by atoms with van der Waals surface area (Å²) in [6.07, 6.45) is 0.215. The molecule has 0 aliphatic rings. The normalized spacial score (nSPS) is 12.1. The molecule has 0 fully saturated rings. The molecule has 1 unspecified atom stereocenters. The maximum atomic E-state index is 11.5. The molecule has 0 saturated carbocycles. The molecule has 1 aromatic rings. The van der Waals surface area contributed by atoms with Crippen LogP contribution in [0.3, 0.4) is 0 Å². The van der Waals surface area contributed by atoms with Gasteiger partial charge in [0.1, 0.15) is 0 Å². The highest BCUT2D eigenvalue weighted by Crippen LogP contribution is 2.15. The van der Waals surface area contributed by atoms with E-state index in [0.29, 0.717) is 4.88 Å². The Kier molecular flexibility index (Phi) is 3.83. The Morgan fingerprint density at radius 3 is 2.79 bits per heavy atom. The number of hydrogen-bond acceptors (Lipinski definition) is 4. The lowest BCUT2D eigenvalue weighted by Crippen LogP contribution is -2.16. The van der Waals surface area contributed by atoms with Crippen molar-refractivity contribution in [1.29, 1.82) is 0 Å². The summed E-state index contributed by atoms with van der Waals surface area (Å²) in [6.45, 7) is 1.69. The van der Waals surface area contributed by atoms with E-state index < -0.39 is 0 Å². The molecule has 76 valence electrons. The summed E-state index contributed by atoms with van der Waals surface area (Å²) in [5, 5.41) is 1.84. The van der Waals surface area contributed by atoms with Crippen molar-refractivity contribution in [3.63, 3.8) is 0 Å². The molecule has 1 heterocycles. The number of esters is 1. The molecule has 3 nitrogen and oxygen atoms in total. The van der Waals surface area contributed by atoms with Crippen LogP contribution in [0.2, 0.25) is 0 Å². The Balaban J connectivity index is 2.53. The maximum Gasteiger partial charge on any atom is 0.308 e. The van der Waals surface area contributed by atoms with Crippen LogP contribution in [-0.4, -0.2) is 18.9 Å². The van der Waals surface area contributed by atoms with Gasteiger partial charge in [0.15, 0.2) is 5.78 Å². The van der Waals surface area contributed by atoms with Gasteiger partial charge in [0.25, 0.3) is 0 Å². The van der Waals surface area contributed by atoms with Gasteiger partial charge in [0, 0.05) is 6.42 Å². The van der Waals surface area contributed by atoms with Crippen LogP contribution in [0.15, 0.2) is 17.5 Å². The highest BCUT2D eigenvalue weighted by molar-refractivity contribution is 7.12. The zero-order valence-electron chi connectivity index (χ0n) is 8.15. The lowest BCUT2D eigenvalue weighted by atomic mass is 10.0. The second kappa shape index (κ2) is 4.91. The van der Waals surface area contributed by atoms with E-state index in [1.165, 1.54) is 18.4 Å². The molecule has 0 radical (unpaired) electrons. The quantitative estimate of drug-likeness (QED) is 0.567. The Morgan fingerprint density at radius 1 is 1.57 bits per heavy atom. The van der Waals surface area contributed by atoms with E-state index in [-0.39, 0.29) is 24.1 Å². The Morgan fingerprint density at radius 2 is 2.29 bits per heavy atom. The second-order valence-electron chi connectivity index (χ2n) is 3.03. The number of ether oxygens (including phenoxy) is 1. The third-order valence-corrected chi connectivity index (χ3v) is 2.80. The van der Waals surface area contributed by atoms with Gasteiger partial charge in [0.05, 0.1) is 17.9 Å². The molecule has 1 aromatic heterocycles. The molecule has 0 saturated heterocycles. The van der Waals surface area contributed by atoms with Crippen molar-refractivity contribution in [2.24, 2.45) is 5.92 Å². The van der Waals surface area contributed by atoms with Crippen molar-refractivity contribution in [2.75, 3.05) is 7.11 Å². The highest BCUT2D eigenvalue weighted by Gasteiger charge is 2.18. The fraction of sp³-hybridized carbons (Fsp3) is 0.400. The van der Waals surface area contributed by atoms with E-state index in [0.717, 1.165) is 0 Å². The summed E-state index contributed by atoms with van der Waals surface area (Å²) in [7, 11) is 1.33. The summed E-state index contributed by atoms with van der Waals surface area (Å²) in [5.74, 6) is -0.706. The predicted molar refractivity (Wildman–Crippen MR) is 54.4 cm³/mol. The SMILES string of the molecule is COC(=O)C(C)CC(=O)c1cccs1. The second-order valence-corrected chi connectivity index (χ2v) is 3.98. The average molecular weight is 212 g/mol. The number of hydrogen-bond donors (Lipinski definition) is 0. The monoisotopic (exact) mass is 212 g/mol. The lowest BCUT2D eigenvalue weighted by molar-refractivity contribution is -0.144. The molecule has 1 atom stereocenters. The van der Waals surface area contributed by atoms with Crippen LogP contribution in [0.25, 0.3) is 0 Å². The van der Waals surface area contributed by atoms with Crippen LogP contribution in [0.5, 0.6) is 0 Å². The van der Waals surface area contributed by atoms with E-state index in [1.807, 2.05) is 11.4 Å². The fourth-order valence-corrected chi connectivity index (χ4v) is 1.78. The molecule has 0 aromatic carbocycles. The number of carbonyl (C=O) groups is 2. The van der Waals surface area contributed by atoms with Crippen LogP contribution < -0.4 is 0 Å². The standard InChI is InChI=1S/C10H12O3S/c1-7(10(12)13-2)6-8(11)9-4-3-5-14-9/h3-5,7H,6H2,1-2H3. The molecular formula is C10H12O3S.